The molecule has 0 heterocycles. The number of hydrogen-bond acceptors (Lipinski definition) is 7. The maximum Gasteiger partial charge on any atom is 0.519 e. The van der Waals surface area contributed by atoms with Crippen LogP contribution < -0.4 is 5.32 Å². The highest BCUT2D eigenvalue weighted by Crippen LogP contribution is 2.11. The van der Waals surface area contributed by atoms with E-state index in [9.17, 15) is 14.4 Å². The first-order valence-corrected chi connectivity index (χ1v) is 6.91. The number of carbonyl (C=O) groups is 3. The Balaban J connectivity index is 0. The topological polar surface area (TPSA) is 131 Å². The maximum atomic E-state index is 11.0. The number of nitrogens with one attached hydrogen (secondary N) is 1. The number of amides is 1. The predicted octanol–water partition coefficient (Wildman–Crippen LogP) is 2.51. The van der Waals surface area contributed by atoms with Gasteiger partial charge in [0.2, 0.25) is 0 Å². The van der Waals surface area contributed by atoms with Crippen LogP contribution in [0, 0.1) is 0 Å². The molecule has 0 spiro atoms. The number of carbonyl (C=O) groups excluding carboxylic acids is 2. The van der Waals surface area contributed by atoms with Crippen molar-refractivity contribution in [3.05, 3.63) is 0 Å². The zero-order valence-corrected chi connectivity index (χ0v) is 14.6. The molecule has 9 heteroatoms. The lowest BCUT2D eigenvalue weighted by atomic mass is 10.2. The van der Waals surface area contributed by atoms with Gasteiger partial charge >= 0.3 is 18.4 Å². The highest BCUT2D eigenvalue weighted by atomic mass is 16.8. The standard InChI is InChI=1S/C10H18O5.C4H9NO3/c1-9(2,3)14-7(11)13-8(12)15-10(4,5)6;1-3(6)2-5-4(7)8/h1-6H3;3,5-6H,2H2,1H3,(H,7,8). The smallest absolute Gasteiger partial charge is 0.465 e. The average molecular weight is 337 g/mol. The molecule has 0 aromatic heterocycles. The van der Waals surface area contributed by atoms with Crippen molar-refractivity contribution in [3.8, 4) is 0 Å². The zero-order valence-electron chi connectivity index (χ0n) is 14.6. The van der Waals surface area contributed by atoms with Crippen LogP contribution in [0.5, 0.6) is 0 Å². The summed E-state index contributed by atoms with van der Waals surface area (Å²) in [4.78, 5) is 31.7. The molecule has 23 heavy (non-hydrogen) atoms. The fourth-order valence-corrected chi connectivity index (χ4v) is 0.845. The molecule has 0 fully saturated rings. The van der Waals surface area contributed by atoms with Crippen molar-refractivity contribution in [1.82, 2.24) is 5.32 Å². The van der Waals surface area contributed by atoms with Crippen molar-refractivity contribution in [3.63, 3.8) is 0 Å². The van der Waals surface area contributed by atoms with Gasteiger partial charge in [0.25, 0.3) is 0 Å². The molecule has 9 nitrogen and oxygen atoms in total. The Bertz CT molecular complexity index is 367. The van der Waals surface area contributed by atoms with Crippen LogP contribution in [0.4, 0.5) is 14.4 Å². The van der Waals surface area contributed by atoms with Gasteiger partial charge < -0.3 is 29.7 Å². The van der Waals surface area contributed by atoms with Crippen LogP contribution in [-0.2, 0) is 14.2 Å². The van der Waals surface area contributed by atoms with Crippen molar-refractivity contribution >= 4 is 18.4 Å². The molecule has 0 aliphatic heterocycles. The van der Waals surface area contributed by atoms with Gasteiger partial charge in [-0.05, 0) is 48.5 Å². The van der Waals surface area contributed by atoms with Crippen LogP contribution in [0.1, 0.15) is 48.5 Å². The number of aliphatic hydroxyl groups is 1. The summed E-state index contributed by atoms with van der Waals surface area (Å²) in [7, 11) is 0. The molecule has 0 aromatic carbocycles. The van der Waals surface area contributed by atoms with Crippen molar-refractivity contribution in [2.75, 3.05) is 6.54 Å². The fourth-order valence-electron chi connectivity index (χ4n) is 0.845. The minimum Gasteiger partial charge on any atom is -0.465 e. The molecule has 0 saturated heterocycles. The first kappa shape index (κ1) is 23.2. The van der Waals surface area contributed by atoms with Gasteiger partial charge in [-0.3, -0.25) is 0 Å². The second-order valence-corrected chi connectivity index (χ2v) is 6.57. The molecule has 0 rings (SSSR count). The summed E-state index contributed by atoms with van der Waals surface area (Å²) in [5, 5.41) is 18.4. The van der Waals surface area contributed by atoms with E-state index < -0.39 is 35.7 Å². The van der Waals surface area contributed by atoms with E-state index in [4.69, 9.17) is 19.7 Å². The van der Waals surface area contributed by atoms with Crippen molar-refractivity contribution in [1.29, 1.82) is 0 Å². The van der Waals surface area contributed by atoms with Crippen LogP contribution in [0.3, 0.4) is 0 Å². The van der Waals surface area contributed by atoms with Crippen LogP contribution in [0.25, 0.3) is 0 Å². The normalized spacial score (nSPS) is 12.2. The van der Waals surface area contributed by atoms with Crippen molar-refractivity contribution in [2.45, 2.75) is 65.8 Å². The third kappa shape index (κ3) is 22.4. The highest BCUT2D eigenvalue weighted by molar-refractivity contribution is 5.77. The second-order valence-electron chi connectivity index (χ2n) is 6.57. The lowest BCUT2D eigenvalue weighted by molar-refractivity contribution is -0.0293. The molecular weight excluding hydrogens is 310 g/mol. The second kappa shape index (κ2) is 9.88. The van der Waals surface area contributed by atoms with E-state index in [1.807, 2.05) is 5.32 Å². The van der Waals surface area contributed by atoms with E-state index >= 15 is 0 Å². The van der Waals surface area contributed by atoms with Crippen LogP contribution in [0.2, 0.25) is 0 Å². The van der Waals surface area contributed by atoms with Gasteiger partial charge in [-0.25, -0.2) is 14.4 Å². The minimum atomic E-state index is -1.11. The summed E-state index contributed by atoms with van der Waals surface area (Å²) >= 11 is 0. The number of carboxylic acid groups (broad SMARTS) is 1. The Morgan fingerprint density at radius 3 is 1.48 bits per heavy atom. The van der Waals surface area contributed by atoms with Crippen LogP contribution in [-0.4, -0.2) is 52.5 Å². The van der Waals surface area contributed by atoms with Crippen LogP contribution in [0.15, 0.2) is 0 Å². The van der Waals surface area contributed by atoms with E-state index in [0.717, 1.165) is 0 Å². The monoisotopic (exact) mass is 337 g/mol. The summed E-state index contributed by atoms with van der Waals surface area (Å²) in [6.45, 7) is 11.6. The summed E-state index contributed by atoms with van der Waals surface area (Å²) in [6.07, 6.45) is -3.83. The molecule has 1 atom stereocenters. The molecule has 0 aliphatic carbocycles. The van der Waals surface area contributed by atoms with Gasteiger partial charge in [-0.1, -0.05) is 0 Å². The minimum absolute atomic E-state index is 0.0926. The van der Waals surface area contributed by atoms with Gasteiger partial charge in [0.1, 0.15) is 11.2 Å². The molecule has 3 N–H and O–H groups in total. The number of aliphatic hydroxyl groups excluding tert-OH is 1. The molecule has 0 aliphatic rings. The molecular formula is C14H27NO8. The van der Waals surface area contributed by atoms with E-state index in [0.29, 0.717) is 0 Å². The summed E-state index contributed by atoms with van der Waals surface area (Å²) in [5.74, 6) is 0. The Morgan fingerprint density at radius 2 is 1.30 bits per heavy atom. The fraction of sp³-hybridized carbons (Fsp3) is 0.786. The Morgan fingerprint density at radius 1 is 0.957 bits per heavy atom. The summed E-state index contributed by atoms with van der Waals surface area (Å²) in [5.41, 5.74) is -1.39. The first-order chi connectivity index (χ1) is 10.1. The van der Waals surface area contributed by atoms with E-state index in [-0.39, 0.29) is 6.54 Å². The molecule has 0 aromatic rings. The van der Waals surface area contributed by atoms with E-state index in [1.54, 1.807) is 41.5 Å². The molecule has 0 saturated carbocycles. The SMILES string of the molecule is CC(C)(C)OC(=O)OC(=O)OC(C)(C)C.CC(O)CNC(=O)O. The third-order valence-electron chi connectivity index (χ3n) is 1.49. The largest absolute Gasteiger partial charge is 0.519 e. The van der Waals surface area contributed by atoms with Crippen molar-refractivity contribution in [2.24, 2.45) is 0 Å². The number of rotatable bonds is 2. The van der Waals surface area contributed by atoms with Gasteiger partial charge in [0, 0.05) is 6.54 Å². The van der Waals surface area contributed by atoms with Crippen LogP contribution >= 0.6 is 0 Å². The van der Waals surface area contributed by atoms with E-state index in [1.165, 1.54) is 6.92 Å². The average Bonchev–Trinajstić information content (AvgIpc) is 2.21. The predicted molar refractivity (Wildman–Crippen MR) is 81.3 cm³/mol. The van der Waals surface area contributed by atoms with Gasteiger partial charge in [0.15, 0.2) is 0 Å². The summed E-state index contributed by atoms with van der Waals surface area (Å²) < 4.78 is 13.8. The molecule has 136 valence electrons. The van der Waals surface area contributed by atoms with E-state index in [2.05, 4.69) is 4.74 Å². The first-order valence-electron chi connectivity index (χ1n) is 6.91. The Hall–Kier alpha value is -2.03. The lowest BCUT2D eigenvalue weighted by Gasteiger charge is -2.20. The number of ether oxygens (including phenoxy) is 3. The molecule has 1 amide bonds. The van der Waals surface area contributed by atoms with Crippen molar-refractivity contribution < 1.29 is 38.8 Å². The Kier molecular flexibility index (Phi) is 9.98. The Labute approximate surface area is 135 Å². The third-order valence-corrected chi connectivity index (χ3v) is 1.49. The highest BCUT2D eigenvalue weighted by Gasteiger charge is 2.24. The van der Waals surface area contributed by atoms with Gasteiger partial charge in [-0.2, -0.15) is 0 Å². The molecule has 0 radical (unpaired) electrons. The number of hydrogen-bond donors (Lipinski definition) is 3. The zero-order chi connectivity index (χ0) is 18.8. The quantitative estimate of drug-likeness (QED) is 0.517. The maximum absolute atomic E-state index is 11.0. The summed E-state index contributed by atoms with van der Waals surface area (Å²) in [6, 6.07) is 0. The molecule has 1 unspecified atom stereocenters. The van der Waals surface area contributed by atoms with Gasteiger partial charge in [0.05, 0.1) is 6.10 Å². The van der Waals surface area contributed by atoms with Gasteiger partial charge in [-0.15, -0.1) is 0 Å². The molecule has 0 bridgehead atoms. The lowest BCUT2D eigenvalue weighted by Crippen LogP contribution is -2.29.